The van der Waals surface area contributed by atoms with Gasteiger partial charge in [-0.25, -0.2) is 22.0 Å². The van der Waals surface area contributed by atoms with Crippen LogP contribution in [0.1, 0.15) is 5.56 Å². The first-order chi connectivity index (χ1) is 9.82. The van der Waals surface area contributed by atoms with Gasteiger partial charge >= 0.3 is 0 Å². The number of hydrogen-bond acceptors (Lipinski definition) is 1. The zero-order valence-electron chi connectivity index (χ0n) is 9.99. The smallest absolute Gasteiger partial charge is 0.200 e. The first-order valence-electron chi connectivity index (χ1n) is 5.41. The van der Waals surface area contributed by atoms with E-state index in [0.717, 1.165) is 0 Å². The van der Waals surface area contributed by atoms with Crippen LogP contribution in [0.4, 0.5) is 22.0 Å². The molecule has 2 aromatic rings. The highest BCUT2D eigenvalue weighted by atomic mass is 35.5. The lowest BCUT2D eigenvalue weighted by Gasteiger charge is -2.08. The van der Waals surface area contributed by atoms with Gasteiger partial charge in [0.05, 0.1) is 14.9 Å². The van der Waals surface area contributed by atoms with Gasteiger partial charge in [-0.3, -0.25) is 0 Å². The number of rotatable bonds is 3. The summed E-state index contributed by atoms with van der Waals surface area (Å²) in [5.74, 6) is -9.84. The molecule has 0 bridgehead atoms. The van der Waals surface area contributed by atoms with E-state index in [1.807, 2.05) is 0 Å². The van der Waals surface area contributed by atoms with Gasteiger partial charge in [0, 0.05) is 5.75 Å². The van der Waals surface area contributed by atoms with E-state index >= 15 is 0 Å². The molecule has 0 atom stereocenters. The van der Waals surface area contributed by atoms with Crippen LogP contribution in [0, 0.1) is 29.1 Å². The molecule has 0 N–H and O–H groups in total. The van der Waals surface area contributed by atoms with Gasteiger partial charge in [-0.2, -0.15) is 0 Å². The van der Waals surface area contributed by atoms with Crippen LogP contribution in [0.3, 0.4) is 0 Å². The molecule has 0 aliphatic heterocycles. The summed E-state index contributed by atoms with van der Waals surface area (Å²) in [4.78, 5) is -0.933. The number of benzene rings is 2. The quantitative estimate of drug-likeness (QED) is 0.281. The van der Waals surface area contributed by atoms with Crippen LogP contribution in [-0.4, -0.2) is 0 Å². The van der Waals surface area contributed by atoms with Gasteiger partial charge in [-0.1, -0.05) is 29.3 Å². The summed E-state index contributed by atoms with van der Waals surface area (Å²) in [6.07, 6.45) is 0. The molecule has 0 heterocycles. The van der Waals surface area contributed by atoms with Crippen LogP contribution in [0.25, 0.3) is 0 Å². The first kappa shape index (κ1) is 16.4. The van der Waals surface area contributed by atoms with E-state index in [-0.39, 0.29) is 10.8 Å². The Kier molecular flexibility index (Phi) is 5.01. The molecule has 0 fully saturated rings. The van der Waals surface area contributed by atoms with E-state index in [4.69, 9.17) is 23.2 Å². The number of hydrogen-bond donors (Lipinski definition) is 0. The second kappa shape index (κ2) is 6.42. The molecule has 2 aromatic carbocycles. The van der Waals surface area contributed by atoms with E-state index in [2.05, 4.69) is 0 Å². The summed E-state index contributed by atoms with van der Waals surface area (Å²) < 4.78 is 65.9. The van der Waals surface area contributed by atoms with Gasteiger partial charge in [0.25, 0.3) is 0 Å². The van der Waals surface area contributed by atoms with Crippen molar-refractivity contribution in [1.29, 1.82) is 0 Å². The molecular formula is C13H5Cl2F5S. The number of halogens is 7. The largest absolute Gasteiger partial charge is 0.202 e. The van der Waals surface area contributed by atoms with Crippen molar-refractivity contribution < 1.29 is 22.0 Å². The van der Waals surface area contributed by atoms with E-state index in [0.29, 0.717) is 22.3 Å². The molecule has 8 heteroatoms. The minimum atomic E-state index is -2.18. The van der Waals surface area contributed by atoms with Crippen LogP contribution in [0.5, 0.6) is 0 Å². The lowest BCUT2D eigenvalue weighted by atomic mass is 10.2. The third kappa shape index (κ3) is 3.27. The predicted octanol–water partition coefficient (Wildman–Crippen LogP) is 5.98. The van der Waals surface area contributed by atoms with Crippen molar-refractivity contribution in [2.24, 2.45) is 0 Å². The fourth-order valence-corrected chi connectivity index (χ4v) is 2.74. The lowest BCUT2D eigenvalue weighted by molar-refractivity contribution is 0.361. The van der Waals surface area contributed by atoms with E-state index in [1.165, 1.54) is 18.2 Å². The Bertz CT molecular complexity index is 676. The maximum absolute atomic E-state index is 13.5. The van der Waals surface area contributed by atoms with Crippen molar-refractivity contribution in [3.63, 3.8) is 0 Å². The molecular weight excluding hydrogens is 354 g/mol. The Morgan fingerprint density at radius 1 is 0.762 bits per heavy atom. The summed E-state index contributed by atoms with van der Waals surface area (Å²) in [6, 6.07) is 4.45. The van der Waals surface area contributed by atoms with Crippen molar-refractivity contribution in [3.8, 4) is 0 Å². The molecule has 0 amide bonds. The minimum absolute atomic E-state index is 0.0325. The number of thioether (sulfide) groups is 1. The molecule has 0 saturated heterocycles. The summed E-state index contributed by atoms with van der Waals surface area (Å²) in [6.45, 7) is 0. The van der Waals surface area contributed by atoms with Crippen LogP contribution in [-0.2, 0) is 5.75 Å². The molecule has 21 heavy (non-hydrogen) atoms. The molecule has 2 rings (SSSR count). The summed E-state index contributed by atoms with van der Waals surface area (Å²) >= 11 is 12.0. The minimum Gasteiger partial charge on any atom is -0.202 e. The van der Waals surface area contributed by atoms with Gasteiger partial charge in [-0.15, -0.1) is 11.8 Å². The van der Waals surface area contributed by atoms with Gasteiger partial charge in [0.2, 0.25) is 5.82 Å². The molecule has 0 spiro atoms. The second-order valence-electron chi connectivity index (χ2n) is 3.94. The third-order valence-electron chi connectivity index (χ3n) is 2.54. The highest BCUT2D eigenvalue weighted by Crippen LogP contribution is 2.33. The van der Waals surface area contributed by atoms with E-state index in [1.54, 1.807) is 0 Å². The Labute approximate surface area is 130 Å². The van der Waals surface area contributed by atoms with Crippen molar-refractivity contribution >= 4 is 35.0 Å². The van der Waals surface area contributed by atoms with Gasteiger partial charge in [-0.05, 0) is 17.7 Å². The van der Waals surface area contributed by atoms with Crippen molar-refractivity contribution in [1.82, 2.24) is 0 Å². The zero-order valence-corrected chi connectivity index (χ0v) is 12.3. The maximum Gasteiger partial charge on any atom is 0.200 e. The normalized spacial score (nSPS) is 11.0. The van der Waals surface area contributed by atoms with Crippen LogP contribution in [0.2, 0.25) is 10.0 Å². The monoisotopic (exact) mass is 358 g/mol. The molecule has 0 unspecified atom stereocenters. The van der Waals surface area contributed by atoms with Crippen LogP contribution >= 0.6 is 35.0 Å². The highest BCUT2D eigenvalue weighted by molar-refractivity contribution is 7.98. The van der Waals surface area contributed by atoms with Crippen molar-refractivity contribution in [2.75, 3.05) is 0 Å². The Balaban J connectivity index is 2.30. The standard InChI is InChI=1S/C13H5Cl2F5S/c14-6-2-1-5(3-7(6)15)4-21-13-11(19)9(17)8(16)10(18)12(13)20/h1-3H,4H2. The zero-order chi connectivity index (χ0) is 15.7. The Morgan fingerprint density at radius 2 is 1.29 bits per heavy atom. The van der Waals surface area contributed by atoms with Gasteiger partial charge in [0.15, 0.2) is 23.3 Å². The van der Waals surface area contributed by atoms with E-state index < -0.39 is 34.0 Å². The van der Waals surface area contributed by atoms with E-state index in [9.17, 15) is 22.0 Å². The third-order valence-corrected chi connectivity index (χ3v) is 4.40. The van der Waals surface area contributed by atoms with Crippen molar-refractivity contribution in [2.45, 2.75) is 10.6 Å². The topological polar surface area (TPSA) is 0 Å². The SMILES string of the molecule is Fc1c(F)c(F)c(SCc2ccc(Cl)c(Cl)c2)c(F)c1F. The molecule has 0 saturated carbocycles. The Hall–Kier alpha value is -0.980. The second-order valence-corrected chi connectivity index (χ2v) is 5.74. The van der Waals surface area contributed by atoms with Crippen LogP contribution in [0.15, 0.2) is 23.1 Å². The van der Waals surface area contributed by atoms with Crippen LogP contribution < -0.4 is 0 Å². The van der Waals surface area contributed by atoms with Crippen molar-refractivity contribution in [3.05, 3.63) is 62.9 Å². The first-order valence-corrected chi connectivity index (χ1v) is 7.15. The molecule has 0 aromatic heterocycles. The average molecular weight is 359 g/mol. The summed E-state index contributed by atoms with van der Waals surface area (Å²) in [5.41, 5.74) is 0.526. The fourth-order valence-electron chi connectivity index (χ4n) is 1.50. The molecule has 0 aliphatic carbocycles. The summed E-state index contributed by atoms with van der Waals surface area (Å²) in [5, 5.41) is 0.522. The highest BCUT2D eigenvalue weighted by Gasteiger charge is 2.25. The average Bonchev–Trinajstić information content (AvgIpc) is 2.46. The Morgan fingerprint density at radius 3 is 1.81 bits per heavy atom. The maximum atomic E-state index is 13.5. The van der Waals surface area contributed by atoms with Gasteiger partial charge in [0.1, 0.15) is 0 Å². The van der Waals surface area contributed by atoms with Gasteiger partial charge < -0.3 is 0 Å². The molecule has 112 valence electrons. The molecule has 0 nitrogen and oxygen atoms in total. The lowest BCUT2D eigenvalue weighted by Crippen LogP contribution is -2.03. The predicted molar refractivity (Wildman–Crippen MR) is 72.3 cm³/mol. The fraction of sp³-hybridized carbons (Fsp3) is 0.0769. The summed E-state index contributed by atoms with van der Waals surface area (Å²) in [7, 11) is 0. The molecule has 0 radical (unpaired) electrons. The molecule has 0 aliphatic rings.